The van der Waals surface area contributed by atoms with Crippen molar-refractivity contribution in [2.75, 3.05) is 16.4 Å². The Morgan fingerprint density at radius 1 is 0.811 bits per heavy atom. The summed E-state index contributed by atoms with van der Waals surface area (Å²) in [4.78, 5) is 26.2. The van der Waals surface area contributed by atoms with E-state index >= 15 is 0 Å². The Bertz CT molecular complexity index is 1650. The Kier molecular flexibility index (Phi) is 7.42. The van der Waals surface area contributed by atoms with Crippen LogP contribution in [0.25, 0.3) is 21.8 Å². The molecule has 5 rings (SSSR count). The van der Waals surface area contributed by atoms with Crippen molar-refractivity contribution in [1.82, 2.24) is 4.57 Å². The zero-order valence-electron chi connectivity index (χ0n) is 19.9. The van der Waals surface area contributed by atoms with Crippen LogP contribution in [0.1, 0.15) is 17.3 Å². The molecule has 0 atom stereocenters. The van der Waals surface area contributed by atoms with Crippen LogP contribution in [0.3, 0.4) is 0 Å². The molecular formula is C29H23Cl2N3O2S. The van der Waals surface area contributed by atoms with Gasteiger partial charge in [-0.05, 0) is 67.6 Å². The SMILES string of the molecule is CCn1c2ccccc2c2cc(NC(=O)CSc3cccc(NC(=O)c4ccc(Cl)cc4Cl)c3)ccc21. The van der Waals surface area contributed by atoms with Gasteiger partial charge in [0.15, 0.2) is 0 Å². The van der Waals surface area contributed by atoms with Crippen molar-refractivity contribution in [3.8, 4) is 0 Å². The number of rotatable bonds is 7. The molecule has 1 heterocycles. The van der Waals surface area contributed by atoms with Crippen molar-refractivity contribution in [1.29, 1.82) is 0 Å². The van der Waals surface area contributed by atoms with Crippen LogP contribution >= 0.6 is 35.0 Å². The van der Waals surface area contributed by atoms with Crippen LogP contribution in [0.15, 0.2) is 89.8 Å². The molecule has 0 fully saturated rings. The smallest absolute Gasteiger partial charge is 0.257 e. The van der Waals surface area contributed by atoms with Crippen LogP contribution in [-0.4, -0.2) is 22.1 Å². The molecule has 5 nitrogen and oxygen atoms in total. The molecule has 186 valence electrons. The molecule has 5 aromatic rings. The van der Waals surface area contributed by atoms with Crippen LogP contribution in [0.4, 0.5) is 11.4 Å². The van der Waals surface area contributed by atoms with E-state index in [1.54, 1.807) is 18.2 Å². The largest absolute Gasteiger partial charge is 0.341 e. The molecule has 8 heteroatoms. The first-order valence-corrected chi connectivity index (χ1v) is 13.5. The Hall–Kier alpha value is -3.45. The first kappa shape index (κ1) is 25.2. The van der Waals surface area contributed by atoms with Gasteiger partial charge < -0.3 is 15.2 Å². The maximum absolute atomic E-state index is 12.7. The first-order chi connectivity index (χ1) is 17.9. The molecule has 0 bridgehead atoms. The highest BCUT2D eigenvalue weighted by molar-refractivity contribution is 8.00. The highest BCUT2D eigenvalue weighted by atomic mass is 35.5. The third-order valence-corrected chi connectivity index (χ3v) is 7.55. The number of amides is 2. The predicted molar refractivity (Wildman–Crippen MR) is 155 cm³/mol. The zero-order valence-corrected chi connectivity index (χ0v) is 22.3. The van der Waals surface area contributed by atoms with Crippen molar-refractivity contribution in [3.63, 3.8) is 0 Å². The van der Waals surface area contributed by atoms with Gasteiger partial charge in [0.1, 0.15) is 0 Å². The minimum Gasteiger partial charge on any atom is -0.341 e. The standard InChI is InChI=1S/C29H23Cl2N3O2S/c1-2-34-26-9-4-3-8-22(26)24-16-20(11-13-27(24)34)32-28(35)17-37-21-7-5-6-19(15-21)33-29(36)23-12-10-18(30)14-25(23)31/h3-16H,2,17H2,1H3,(H,32,35)(H,33,36). The van der Waals surface area contributed by atoms with E-state index in [1.807, 2.05) is 42.5 Å². The Labute approximate surface area is 228 Å². The Balaban J connectivity index is 1.24. The van der Waals surface area contributed by atoms with E-state index in [0.717, 1.165) is 28.0 Å². The summed E-state index contributed by atoms with van der Waals surface area (Å²) in [7, 11) is 0. The lowest BCUT2D eigenvalue weighted by molar-refractivity contribution is -0.113. The Morgan fingerprint density at radius 3 is 2.41 bits per heavy atom. The number of fused-ring (bicyclic) bond motifs is 3. The maximum atomic E-state index is 12.7. The molecule has 0 spiro atoms. The number of halogens is 2. The average molecular weight is 548 g/mol. The van der Waals surface area contributed by atoms with E-state index in [0.29, 0.717) is 16.3 Å². The van der Waals surface area contributed by atoms with Gasteiger partial charge in [0.2, 0.25) is 5.91 Å². The molecule has 2 N–H and O–H groups in total. The third kappa shape index (κ3) is 5.47. The molecule has 1 aromatic heterocycles. The van der Waals surface area contributed by atoms with Gasteiger partial charge in [-0.25, -0.2) is 0 Å². The summed E-state index contributed by atoms with van der Waals surface area (Å²) < 4.78 is 2.28. The number of aromatic nitrogens is 1. The van der Waals surface area contributed by atoms with Gasteiger partial charge in [0.25, 0.3) is 5.91 Å². The highest BCUT2D eigenvalue weighted by Gasteiger charge is 2.13. The van der Waals surface area contributed by atoms with Crippen molar-refractivity contribution >= 4 is 80.0 Å². The fourth-order valence-electron chi connectivity index (χ4n) is 4.35. The lowest BCUT2D eigenvalue weighted by Crippen LogP contribution is -2.14. The highest BCUT2D eigenvalue weighted by Crippen LogP contribution is 2.31. The number of aryl methyl sites for hydroxylation is 1. The van der Waals surface area contributed by atoms with Gasteiger partial charge in [-0.3, -0.25) is 9.59 Å². The van der Waals surface area contributed by atoms with E-state index in [-0.39, 0.29) is 22.6 Å². The second-order valence-corrected chi connectivity index (χ2v) is 10.3. The quantitative estimate of drug-likeness (QED) is 0.202. The zero-order chi connectivity index (χ0) is 25.9. The predicted octanol–water partition coefficient (Wildman–Crippen LogP) is 8.10. The van der Waals surface area contributed by atoms with Gasteiger partial charge in [0.05, 0.1) is 16.3 Å². The number of carbonyl (C=O) groups excluding carboxylic acids is 2. The maximum Gasteiger partial charge on any atom is 0.257 e. The normalized spacial score (nSPS) is 11.1. The number of para-hydroxylation sites is 1. The number of carbonyl (C=O) groups is 2. The van der Waals surface area contributed by atoms with Crippen molar-refractivity contribution in [2.24, 2.45) is 0 Å². The lowest BCUT2D eigenvalue weighted by Gasteiger charge is -2.09. The number of nitrogens with zero attached hydrogens (tertiary/aromatic N) is 1. The molecule has 0 radical (unpaired) electrons. The van der Waals surface area contributed by atoms with E-state index in [9.17, 15) is 9.59 Å². The monoisotopic (exact) mass is 547 g/mol. The fourth-order valence-corrected chi connectivity index (χ4v) is 5.60. The first-order valence-electron chi connectivity index (χ1n) is 11.7. The molecule has 0 saturated heterocycles. The summed E-state index contributed by atoms with van der Waals surface area (Å²) in [6, 6.07) is 26.4. The van der Waals surface area contributed by atoms with Gasteiger partial charge in [-0.15, -0.1) is 11.8 Å². The third-order valence-electron chi connectivity index (χ3n) is 6.01. The van der Waals surface area contributed by atoms with Crippen LogP contribution < -0.4 is 10.6 Å². The van der Waals surface area contributed by atoms with Gasteiger partial charge in [-0.1, -0.05) is 47.5 Å². The molecule has 4 aromatic carbocycles. The molecule has 0 aliphatic heterocycles. The number of nitrogens with one attached hydrogen (secondary N) is 2. The number of benzene rings is 4. The van der Waals surface area contributed by atoms with Crippen LogP contribution in [0, 0.1) is 0 Å². The molecule has 0 unspecified atom stereocenters. The number of hydrogen-bond donors (Lipinski definition) is 2. The van der Waals surface area contributed by atoms with Gasteiger partial charge >= 0.3 is 0 Å². The van der Waals surface area contributed by atoms with E-state index < -0.39 is 0 Å². The summed E-state index contributed by atoms with van der Waals surface area (Å²) in [6.45, 7) is 3.00. The van der Waals surface area contributed by atoms with E-state index in [4.69, 9.17) is 23.2 Å². The van der Waals surface area contributed by atoms with Crippen LogP contribution in [0.2, 0.25) is 10.0 Å². The van der Waals surface area contributed by atoms with Crippen LogP contribution in [0.5, 0.6) is 0 Å². The van der Waals surface area contributed by atoms with Crippen molar-refractivity contribution < 1.29 is 9.59 Å². The van der Waals surface area contributed by atoms with E-state index in [1.165, 1.54) is 28.7 Å². The number of hydrogen-bond acceptors (Lipinski definition) is 3. The molecule has 0 aliphatic carbocycles. The van der Waals surface area contributed by atoms with Crippen molar-refractivity contribution in [3.05, 3.63) is 101 Å². The topological polar surface area (TPSA) is 63.1 Å². The summed E-state index contributed by atoms with van der Waals surface area (Å²) in [5.41, 5.74) is 4.04. The van der Waals surface area contributed by atoms with Crippen molar-refractivity contribution in [2.45, 2.75) is 18.4 Å². The number of thioether (sulfide) groups is 1. The lowest BCUT2D eigenvalue weighted by atomic mass is 10.1. The fraction of sp³-hybridized carbons (Fsp3) is 0.103. The van der Waals surface area contributed by atoms with E-state index in [2.05, 4.69) is 40.3 Å². The summed E-state index contributed by atoms with van der Waals surface area (Å²) >= 11 is 13.5. The summed E-state index contributed by atoms with van der Waals surface area (Å²) in [6.07, 6.45) is 0. The second kappa shape index (κ2) is 10.9. The number of anilines is 2. The Morgan fingerprint density at radius 2 is 1.59 bits per heavy atom. The summed E-state index contributed by atoms with van der Waals surface area (Å²) in [5, 5.41) is 8.89. The molecular weight excluding hydrogens is 525 g/mol. The summed E-state index contributed by atoms with van der Waals surface area (Å²) in [5.74, 6) is -0.206. The molecule has 0 aliphatic rings. The molecule has 2 amide bonds. The molecule has 0 saturated carbocycles. The van der Waals surface area contributed by atoms with Gasteiger partial charge in [-0.2, -0.15) is 0 Å². The van der Waals surface area contributed by atoms with Gasteiger partial charge in [0, 0.05) is 49.6 Å². The minimum absolute atomic E-state index is 0.106. The van der Waals surface area contributed by atoms with Crippen LogP contribution in [-0.2, 0) is 11.3 Å². The minimum atomic E-state index is -0.332. The average Bonchev–Trinajstić information content (AvgIpc) is 3.20. The molecule has 37 heavy (non-hydrogen) atoms. The second-order valence-electron chi connectivity index (χ2n) is 8.44.